The van der Waals surface area contributed by atoms with Crippen LogP contribution in [0.3, 0.4) is 0 Å². The molecule has 1 aromatic rings. The van der Waals surface area contributed by atoms with Gasteiger partial charge in [-0.05, 0) is 52.5 Å². The Bertz CT molecular complexity index is 743. The van der Waals surface area contributed by atoms with Gasteiger partial charge in [0.2, 0.25) is 11.8 Å². The molecule has 0 heterocycles. The predicted molar refractivity (Wildman–Crippen MR) is 127 cm³/mol. The molecule has 0 saturated carbocycles. The van der Waals surface area contributed by atoms with Gasteiger partial charge in [-0.3, -0.25) is 9.59 Å². The van der Waals surface area contributed by atoms with Crippen molar-refractivity contribution in [2.45, 2.75) is 92.0 Å². The maximum atomic E-state index is 13.6. The van der Waals surface area contributed by atoms with Gasteiger partial charge in [-0.2, -0.15) is 0 Å². The summed E-state index contributed by atoms with van der Waals surface area (Å²) in [4.78, 5) is 40.9. The average molecular weight is 448 g/mol. The highest BCUT2D eigenvalue weighted by molar-refractivity contribution is 5.92. The van der Waals surface area contributed by atoms with Crippen molar-refractivity contribution in [2.24, 2.45) is 5.92 Å². The third kappa shape index (κ3) is 8.52. The maximum Gasteiger partial charge on any atom is 0.408 e. The number of carbonyl (C=O) groups excluding carboxylic acids is 3. The summed E-state index contributed by atoms with van der Waals surface area (Å²) < 4.78 is 5.35. The molecule has 2 N–H and O–H groups in total. The minimum Gasteiger partial charge on any atom is -0.444 e. The summed E-state index contributed by atoms with van der Waals surface area (Å²) in [7, 11) is 0. The van der Waals surface area contributed by atoms with Gasteiger partial charge < -0.3 is 20.3 Å². The number of hydrogen-bond acceptors (Lipinski definition) is 4. The minimum absolute atomic E-state index is 0.00620. The number of nitrogens with zero attached hydrogens (tertiary/aromatic N) is 1. The summed E-state index contributed by atoms with van der Waals surface area (Å²) in [6.07, 6.45) is 1.14. The van der Waals surface area contributed by atoms with E-state index in [9.17, 15) is 14.4 Å². The van der Waals surface area contributed by atoms with Crippen LogP contribution < -0.4 is 10.6 Å². The Hall–Kier alpha value is -2.57. The number of amides is 3. The molecule has 7 heteroatoms. The normalized spacial score (nSPS) is 14.3. The Morgan fingerprint density at radius 3 is 2.06 bits per heavy atom. The van der Waals surface area contributed by atoms with Crippen LogP contribution in [0.1, 0.15) is 79.8 Å². The topological polar surface area (TPSA) is 87.7 Å². The number of nitrogens with one attached hydrogen (secondary N) is 2. The fourth-order valence-corrected chi connectivity index (χ4v) is 3.53. The van der Waals surface area contributed by atoms with Gasteiger partial charge in [0, 0.05) is 12.6 Å². The molecular weight excluding hydrogens is 406 g/mol. The van der Waals surface area contributed by atoms with E-state index in [0.717, 1.165) is 18.4 Å². The molecule has 3 unspecified atom stereocenters. The summed E-state index contributed by atoms with van der Waals surface area (Å²) in [5.74, 6) is -0.741. The highest BCUT2D eigenvalue weighted by Gasteiger charge is 2.36. The first-order chi connectivity index (χ1) is 14.9. The third-order valence-corrected chi connectivity index (χ3v) is 5.01. The first-order valence-electron chi connectivity index (χ1n) is 11.6. The van der Waals surface area contributed by atoms with Crippen LogP contribution in [0.4, 0.5) is 4.79 Å². The van der Waals surface area contributed by atoms with E-state index < -0.39 is 23.8 Å². The molecule has 0 aliphatic heterocycles. The zero-order chi connectivity index (χ0) is 24.5. The van der Waals surface area contributed by atoms with Gasteiger partial charge >= 0.3 is 6.09 Å². The van der Waals surface area contributed by atoms with E-state index in [0.29, 0.717) is 6.54 Å². The van der Waals surface area contributed by atoms with Gasteiger partial charge in [-0.15, -0.1) is 0 Å². The van der Waals surface area contributed by atoms with E-state index >= 15 is 0 Å². The largest absolute Gasteiger partial charge is 0.444 e. The number of ether oxygens (including phenoxy) is 1. The zero-order valence-electron chi connectivity index (χ0n) is 20.9. The lowest BCUT2D eigenvalue weighted by atomic mass is 9.98. The smallest absolute Gasteiger partial charge is 0.408 e. The van der Waals surface area contributed by atoms with Crippen molar-refractivity contribution in [1.82, 2.24) is 15.5 Å². The molecule has 0 fully saturated rings. The van der Waals surface area contributed by atoms with Crippen LogP contribution in [0.5, 0.6) is 0 Å². The summed E-state index contributed by atoms with van der Waals surface area (Å²) in [6, 6.07) is 7.63. The second-order valence-electron chi connectivity index (χ2n) is 9.50. The first kappa shape index (κ1) is 27.5. The molecule has 0 aliphatic rings. The van der Waals surface area contributed by atoms with Crippen LogP contribution in [-0.2, 0) is 14.3 Å². The van der Waals surface area contributed by atoms with E-state index in [-0.39, 0.29) is 23.8 Å². The molecule has 32 heavy (non-hydrogen) atoms. The Morgan fingerprint density at radius 2 is 1.59 bits per heavy atom. The second-order valence-corrected chi connectivity index (χ2v) is 9.50. The van der Waals surface area contributed by atoms with Crippen molar-refractivity contribution in [3.63, 3.8) is 0 Å². The number of alkyl carbamates (subject to hydrolysis) is 1. The molecule has 0 saturated heterocycles. The summed E-state index contributed by atoms with van der Waals surface area (Å²) in [6.45, 7) is 15.2. The average Bonchev–Trinajstić information content (AvgIpc) is 2.68. The highest BCUT2D eigenvalue weighted by atomic mass is 16.6. The molecule has 3 amide bonds. The van der Waals surface area contributed by atoms with Crippen molar-refractivity contribution >= 4 is 17.9 Å². The lowest BCUT2D eigenvalue weighted by Gasteiger charge is -2.35. The molecule has 0 aliphatic carbocycles. The Labute approximate surface area is 193 Å². The molecule has 7 nitrogen and oxygen atoms in total. The van der Waals surface area contributed by atoms with Crippen molar-refractivity contribution in [1.29, 1.82) is 0 Å². The molecule has 1 aromatic carbocycles. The fourth-order valence-electron chi connectivity index (χ4n) is 3.53. The lowest BCUT2D eigenvalue weighted by Crippen LogP contribution is -2.55. The van der Waals surface area contributed by atoms with Crippen molar-refractivity contribution in [2.75, 3.05) is 6.54 Å². The maximum absolute atomic E-state index is 13.6. The van der Waals surface area contributed by atoms with Crippen LogP contribution in [-0.4, -0.2) is 47.0 Å². The van der Waals surface area contributed by atoms with E-state index in [1.54, 1.807) is 20.8 Å². The molecule has 1 rings (SSSR count). The van der Waals surface area contributed by atoms with Crippen LogP contribution in [0.2, 0.25) is 0 Å². The molecular formula is C25H41N3O4. The molecule has 0 radical (unpaired) electrons. The van der Waals surface area contributed by atoms with Gasteiger partial charge in [0.15, 0.2) is 0 Å². The van der Waals surface area contributed by atoms with Crippen LogP contribution in [0.15, 0.2) is 30.3 Å². The quantitative estimate of drug-likeness (QED) is 0.555. The summed E-state index contributed by atoms with van der Waals surface area (Å²) >= 11 is 0. The predicted octanol–water partition coefficient (Wildman–Crippen LogP) is 4.43. The van der Waals surface area contributed by atoms with E-state index in [1.165, 1.54) is 4.90 Å². The molecule has 0 spiro atoms. The Kier molecular flexibility index (Phi) is 10.7. The number of rotatable bonds is 10. The zero-order valence-corrected chi connectivity index (χ0v) is 20.9. The molecule has 180 valence electrons. The summed E-state index contributed by atoms with van der Waals surface area (Å²) in [5.41, 5.74) is 0.0460. The van der Waals surface area contributed by atoms with Crippen molar-refractivity contribution in [3.05, 3.63) is 35.9 Å². The Balaban J connectivity index is 3.25. The Morgan fingerprint density at radius 1 is 1.00 bits per heavy atom. The van der Waals surface area contributed by atoms with Crippen molar-refractivity contribution in [3.8, 4) is 0 Å². The molecule has 0 bridgehead atoms. The van der Waals surface area contributed by atoms with E-state index in [1.807, 2.05) is 58.0 Å². The van der Waals surface area contributed by atoms with Gasteiger partial charge in [0.05, 0.1) is 0 Å². The number of hydrogen-bond donors (Lipinski definition) is 2. The van der Waals surface area contributed by atoms with Gasteiger partial charge in [0.1, 0.15) is 17.7 Å². The summed E-state index contributed by atoms with van der Waals surface area (Å²) in [5, 5.41) is 5.75. The van der Waals surface area contributed by atoms with Crippen LogP contribution in [0, 0.1) is 5.92 Å². The fraction of sp³-hybridized carbons (Fsp3) is 0.640. The monoisotopic (exact) mass is 447 g/mol. The number of likely N-dealkylation sites (N-methyl/N-ethyl adjacent to an activating group) is 1. The number of carbonyl (C=O) groups is 3. The first-order valence-corrected chi connectivity index (χ1v) is 11.6. The van der Waals surface area contributed by atoms with E-state index in [2.05, 4.69) is 17.6 Å². The van der Waals surface area contributed by atoms with Gasteiger partial charge in [0.25, 0.3) is 0 Å². The van der Waals surface area contributed by atoms with E-state index in [4.69, 9.17) is 4.74 Å². The number of benzene rings is 1. The third-order valence-electron chi connectivity index (χ3n) is 5.01. The van der Waals surface area contributed by atoms with Crippen LogP contribution >= 0.6 is 0 Å². The lowest BCUT2D eigenvalue weighted by molar-refractivity contribution is -0.143. The standard InChI is InChI=1S/C25H41N3O4/c1-9-14-18(5)26-22(29)21(19-15-12-11-13-16-19)28(10-2)23(30)20(17(3)4)27-24(31)32-25(6,7)8/h11-13,15-18,20-21H,9-10,14H2,1-8H3,(H,26,29)(H,27,31). The second kappa shape index (κ2) is 12.5. The van der Waals surface area contributed by atoms with Gasteiger partial charge in [-0.25, -0.2) is 4.79 Å². The SMILES string of the molecule is CCCC(C)NC(=O)C(c1ccccc1)N(CC)C(=O)C(NC(=O)OC(C)(C)C)C(C)C. The highest BCUT2D eigenvalue weighted by Crippen LogP contribution is 2.24. The van der Waals surface area contributed by atoms with Crippen molar-refractivity contribution < 1.29 is 19.1 Å². The minimum atomic E-state index is -0.822. The van der Waals surface area contributed by atoms with Crippen LogP contribution in [0.25, 0.3) is 0 Å². The molecule has 3 atom stereocenters. The van der Waals surface area contributed by atoms with Gasteiger partial charge in [-0.1, -0.05) is 57.5 Å². The molecule has 0 aromatic heterocycles.